The van der Waals surface area contributed by atoms with Gasteiger partial charge < -0.3 is 0 Å². The van der Waals surface area contributed by atoms with Gasteiger partial charge >= 0.3 is 0 Å². The van der Waals surface area contributed by atoms with Crippen LogP contribution in [0, 0.1) is 22.7 Å². The summed E-state index contributed by atoms with van der Waals surface area (Å²) in [6.45, 7) is 0. The van der Waals surface area contributed by atoms with E-state index in [1.165, 1.54) is 11.3 Å². The monoisotopic (exact) mass is 287 g/mol. The molecule has 0 unspecified atom stereocenters. The highest BCUT2D eigenvalue weighted by Gasteiger charge is 2.08. The van der Waals surface area contributed by atoms with Crippen LogP contribution < -0.4 is 0 Å². The molecule has 3 rings (SSSR count). The van der Waals surface area contributed by atoms with Gasteiger partial charge in [0, 0.05) is 0 Å². The highest BCUT2D eigenvalue weighted by atomic mass is 32.1. The Balaban J connectivity index is 2.02. The van der Waals surface area contributed by atoms with Gasteiger partial charge in [0.05, 0.1) is 27.4 Å². The minimum absolute atomic E-state index is 0.529. The van der Waals surface area contributed by atoms with Crippen molar-refractivity contribution in [2.24, 2.45) is 0 Å². The lowest BCUT2D eigenvalue weighted by molar-refractivity contribution is 1.43. The highest BCUT2D eigenvalue weighted by molar-refractivity contribution is 7.19. The topological polar surface area (TPSA) is 60.5 Å². The van der Waals surface area contributed by atoms with E-state index in [0.29, 0.717) is 16.1 Å². The quantitative estimate of drug-likeness (QED) is 0.662. The predicted molar refractivity (Wildman–Crippen MR) is 84.3 cm³/mol. The van der Waals surface area contributed by atoms with Gasteiger partial charge in [0.25, 0.3) is 0 Å². The molecule has 2 aromatic carbocycles. The molecule has 1 heterocycles. The average molecular weight is 287 g/mol. The standard InChI is InChI=1S/C17H9N3S/c18-10-13-7-5-12(6-8-13)9-14(11-19)17-20-15-3-1-2-4-16(15)21-17/h1-9H/b14-9+. The number of aromatic nitrogens is 1. The first-order chi connectivity index (χ1) is 10.3. The van der Waals surface area contributed by atoms with Gasteiger partial charge in [0.15, 0.2) is 0 Å². The van der Waals surface area contributed by atoms with Crippen molar-refractivity contribution in [3.63, 3.8) is 0 Å². The van der Waals surface area contributed by atoms with Gasteiger partial charge in [-0.3, -0.25) is 0 Å². The minimum Gasteiger partial charge on any atom is -0.235 e. The van der Waals surface area contributed by atoms with E-state index in [0.717, 1.165) is 15.8 Å². The number of fused-ring (bicyclic) bond motifs is 1. The van der Waals surface area contributed by atoms with Crippen LogP contribution in [0.4, 0.5) is 0 Å². The first kappa shape index (κ1) is 13.1. The van der Waals surface area contributed by atoms with E-state index < -0.39 is 0 Å². The fourth-order valence-corrected chi connectivity index (χ4v) is 2.88. The molecule has 0 aliphatic carbocycles. The van der Waals surface area contributed by atoms with Crippen molar-refractivity contribution in [3.05, 3.63) is 64.7 Å². The summed E-state index contributed by atoms with van der Waals surface area (Å²) in [6.07, 6.45) is 1.79. The maximum absolute atomic E-state index is 9.36. The van der Waals surface area contributed by atoms with Crippen LogP contribution in [0.1, 0.15) is 16.1 Å². The molecule has 0 bridgehead atoms. The molecule has 0 atom stereocenters. The third-order valence-corrected chi connectivity index (χ3v) is 4.07. The van der Waals surface area contributed by atoms with Gasteiger partial charge in [-0.25, -0.2) is 4.98 Å². The van der Waals surface area contributed by atoms with Crippen LogP contribution in [0.5, 0.6) is 0 Å². The summed E-state index contributed by atoms with van der Waals surface area (Å²) in [4.78, 5) is 4.49. The maximum atomic E-state index is 9.36. The van der Waals surface area contributed by atoms with Crippen LogP contribution in [-0.4, -0.2) is 4.98 Å². The number of hydrogen-bond donors (Lipinski definition) is 0. The lowest BCUT2D eigenvalue weighted by atomic mass is 10.1. The molecule has 0 spiro atoms. The van der Waals surface area contributed by atoms with Crippen molar-refractivity contribution in [2.45, 2.75) is 0 Å². The SMILES string of the molecule is N#C/C(=C\c1ccc(C#N)cc1)c1nc2ccccc2s1. The number of benzene rings is 2. The number of hydrogen-bond acceptors (Lipinski definition) is 4. The molecule has 98 valence electrons. The Labute approximate surface area is 126 Å². The van der Waals surface area contributed by atoms with E-state index in [-0.39, 0.29) is 0 Å². The highest BCUT2D eigenvalue weighted by Crippen LogP contribution is 2.27. The first-order valence-electron chi connectivity index (χ1n) is 6.28. The van der Waals surface area contributed by atoms with Crippen molar-refractivity contribution in [1.29, 1.82) is 10.5 Å². The molecule has 0 N–H and O–H groups in total. The van der Waals surface area contributed by atoms with Crippen molar-refractivity contribution in [3.8, 4) is 12.1 Å². The Morgan fingerprint density at radius 1 is 1.05 bits per heavy atom. The summed E-state index contributed by atoms with van der Waals surface area (Å²) in [6, 6.07) is 19.2. The Morgan fingerprint density at radius 2 is 1.81 bits per heavy atom. The average Bonchev–Trinajstić information content (AvgIpc) is 2.97. The largest absolute Gasteiger partial charge is 0.235 e. The van der Waals surface area contributed by atoms with Gasteiger partial charge in [-0.05, 0) is 35.9 Å². The first-order valence-corrected chi connectivity index (χ1v) is 7.10. The van der Waals surface area contributed by atoms with Gasteiger partial charge in [0.1, 0.15) is 11.1 Å². The Bertz CT molecular complexity index is 873. The van der Waals surface area contributed by atoms with Crippen LogP contribution in [-0.2, 0) is 0 Å². The van der Waals surface area contributed by atoms with E-state index in [1.807, 2.05) is 36.4 Å². The van der Waals surface area contributed by atoms with Crippen LogP contribution in [0.15, 0.2) is 48.5 Å². The van der Waals surface area contributed by atoms with Crippen LogP contribution >= 0.6 is 11.3 Å². The lowest BCUT2D eigenvalue weighted by Crippen LogP contribution is -1.81. The van der Waals surface area contributed by atoms with Gasteiger partial charge in [-0.1, -0.05) is 24.3 Å². The number of thiazole rings is 1. The fraction of sp³-hybridized carbons (Fsp3) is 0. The maximum Gasteiger partial charge on any atom is 0.135 e. The van der Waals surface area contributed by atoms with E-state index in [1.54, 1.807) is 18.2 Å². The minimum atomic E-state index is 0.529. The van der Waals surface area contributed by atoms with Gasteiger partial charge in [0.2, 0.25) is 0 Å². The second kappa shape index (κ2) is 5.58. The van der Waals surface area contributed by atoms with E-state index in [2.05, 4.69) is 17.1 Å². The van der Waals surface area contributed by atoms with Crippen molar-refractivity contribution < 1.29 is 0 Å². The Hall–Kier alpha value is -2.95. The number of nitriles is 2. The normalized spacial score (nSPS) is 11.0. The number of allylic oxidation sites excluding steroid dienone is 1. The zero-order chi connectivity index (χ0) is 14.7. The molecule has 0 fully saturated rings. The third kappa shape index (κ3) is 2.67. The van der Waals surface area contributed by atoms with Crippen LogP contribution in [0.2, 0.25) is 0 Å². The molecule has 0 amide bonds. The molecule has 21 heavy (non-hydrogen) atoms. The molecular formula is C17H9N3S. The summed E-state index contributed by atoms with van der Waals surface area (Å²) >= 11 is 1.50. The summed E-state index contributed by atoms with van der Waals surface area (Å²) in [5, 5.41) is 18.9. The molecule has 0 aliphatic rings. The summed E-state index contributed by atoms with van der Waals surface area (Å²) < 4.78 is 1.06. The second-order valence-corrected chi connectivity index (χ2v) is 5.42. The second-order valence-electron chi connectivity index (χ2n) is 4.39. The zero-order valence-corrected chi connectivity index (χ0v) is 11.8. The van der Waals surface area contributed by atoms with Crippen LogP contribution in [0.3, 0.4) is 0 Å². The number of rotatable bonds is 2. The smallest absolute Gasteiger partial charge is 0.135 e. The molecule has 0 radical (unpaired) electrons. The Morgan fingerprint density at radius 3 is 2.48 bits per heavy atom. The zero-order valence-electron chi connectivity index (χ0n) is 10.9. The summed E-state index contributed by atoms with van der Waals surface area (Å²) in [7, 11) is 0. The van der Waals surface area contributed by atoms with Crippen molar-refractivity contribution >= 4 is 33.2 Å². The van der Waals surface area contributed by atoms with E-state index >= 15 is 0 Å². The molecule has 0 saturated heterocycles. The predicted octanol–water partition coefficient (Wildman–Crippen LogP) is 4.23. The van der Waals surface area contributed by atoms with E-state index in [9.17, 15) is 5.26 Å². The third-order valence-electron chi connectivity index (χ3n) is 3.00. The Kier molecular flexibility index (Phi) is 3.47. The molecule has 4 heteroatoms. The molecule has 3 nitrogen and oxygen atoms in total. The molecule has 0 aliphatic heterocycles. The van der Waals surface area contributed by atoms with Crippen LogP contribution in [0.25, 0.3) is 21.9 Å². The van der Waals surface area contributed by atoms with Gasteiger partial charge in [-0.15, -0.1) is 11.3 Å². The lowest BCUT2D eigenvalue weighted by Gasteiger charge is -1.95. The number of para-hydroxylation sites is 1. The van der Waals surface area contributed by atoms with E-state index in [4.69, 9.17) is 5.26 Å². The summed E-state index contributed by atoms with van der Waals surface area (Å²) in [5.74, 6) is 0. The molecule has 0 saturated carbocycles. The molecular weight excluding hydrogens is 278 g/mol. The summed E-state index contributed by atoms with van der Waals surface area (Å²) in [5.41, 5.74) is 2.91. The fourth-order valence-electron chi connectivity index (χ4n) is 1.95. The van der Waals surface area contributed by atoms with Crippen molar-refractivity contribution in [2.75, 3.05) is 0 Å². The number of nitrogens with zero attached hydrogens (tertiary/aromatic N) is 3. The van der Waals surface area contributed by atoms with Gasteiger partial charge in [-0.2, -0.15) is 10.5 Å². The molecule has 1 aromatic heterocycles. The molecule has 3 aromatic rings. The van der Waals surface area contributed by atoms with Crippen molar-refractivity contribution in [1.82, 2.24) is 4.98 Å².